The van der Waals surface area contributed by atoms with Crippen LogP contribution in [0.15, 0.2) is 0 Å². The summed E-state index contributed by atoms with van der Waals surface area (Å²) in [5.41, 5.74) is 0. The van der Waals surface area contributed by atoms with Crippen molar-refractivity contribution in [1.82, 2.24) is 5.32 Å². The van der Waals surface area contributed by atoms with Gasteiger partial charge in [0.1, 0.15) is 13.2 Å². The number of hydrogen-bond donors (Lipinski definition) is 2. The summed E-state index contributed by atoms with van der Waals surface area (Å²) in [4.78, 5) is 10.5. The van der Waals surface area contributed by atoms with Crippen LogP contribution in [0.1, 0.15) is 0 Å². The second kappa shape index (κ2) is 1.97. The third kappa shape index (κ3) is 1.04. The molecule has 1 aliphatic rings. The van der Waals surface area contributed by atoms with Crippen LogP contribution in [0.5, 0.6) is 0 Å². The van der Waals surface area contributed by atoms with Gasteiger partial charge >= 0.3 is 6.09 Å². The molecule has 2 N–H and O–H groups in total. The molecule has 0 aromatic carbocycles. The van der Waals surface area contributed by atoms with E-state index in [4.69, 9.17) is 5.11 Å². The summed E-state index contributed by atoms with van der Waals surface area (Å²) in [5, 5.41) is 11.6. The van der Waals surface area contributed by atoms with Gasteiger partial charge < -0.3 is 5.11 Å². The van der Waals surface area contributed by atoms with Gasteiger partial charge in [-0.05, 0) is 0 Å². The van der Waals surface area contributed by atoms with Gasteiger partial charge in [0.2, 0.25) is 0 Å². The SMILES string of the molecule is C[N+]1(C(=O)O)CCNC1. The molecule has 1 fully saturated rings. The Morgan fingerprint density at radius 3 is 2.67 bits per heavy atom. The molecule has 1 amide bonds. The van der Waals surface area contributed by atoms with Crippen molar-refractivity contribution in [1.29, 1.82) is 0 Å². The first-order valence-electron chi connectivity index (χ1n) is 2.94. The molecule has 0 aliphatic carbocycles. The van der Waals surface area contributed by atoms with Gasteiger partial charge in [0.05, 0.1) is 13.6 Å². The number of likely N-dealkylation sites (N-methyl/N-ethyl adjacent to an activating group) is 1. The minimum absolute atomic E-state index is 0.111. The Bertz CT molecular complexity index is 129. The summed E-state index contributed by atoms with van der Waals surface area (Å²) < 4.78 is 0.111. The van der Waals surface area contributed by atoms with Crippen molar-refractivity contribution in [2.45, 2.75) is 0 Å². The molecule has 1 aliphatic heterocycles. The van der Waals surface area contributed by atoms with Crippen molar-refractivity contribution in [2.75, 3.05) is 26.8 Å². The van der Waals surface area contributed by atoms with E-state index in [-0.39, 0.29) is 4.48 Å². The lowest BCUT2D eigenvalue weighted by atomic mass is 10.5. The lowest BCUT2D eigenvalue weighted by molar-refractivity contribution is -0.824. The van der Waals surface area contributed by atoms with E-state index in [1.165, 1.54) is 0 Å². The molecule has 0 aromatic heterocycles. The number of nitrogens with one attached hydrogen (secondary N) is 1. The zero-order chi connectivity index (χ0) is 6.91. The Kier molecular flexibility index (Phi) is 1.42. The van der Waals surface area contributed by atoms with E-state index in [1.807, 2.05) is 0 Å². The number of hydrogen-bond acceptors (Lipinski definition) is 2. The second-order valence-electron chi connectivity index (χ2n) is 2.56. The third-order valence-corrected chi connectivity index (χ3v) is 1.70. The zero-order valence-electron chi connectivity index (χ0n) is 5.42. The highest BCUT2D eigenvalue weighted by Crippen LogP contribution is 2.04. The van der Waals surface area contributed by atoms with Crippen molar-refractivity contribution >= 4 is 6.09 Å². The predicted octanol–water partition coefficient (Wildman–Crippen LogP) is -0.328. The molecular weight excluding hydrogens is 120 g/mol. The van der Waals surface area contributed by atoms with Crippen molar-refractivity contribution < 1.29 is 14.4 Å². The normalized spacial score (nSPS) is 34.8. The van der Waals surface area contributed by atoms with E-state index < -0.39 is 6.09 Å². The summed E-state index contributed by atoms with van der Waals surface area (Å²) in [6.07, 6.45) is -0.750. The van der Waals surface area contributed by atoms with Crippen LogP contribution in [0.2, 0.25) is 0 Å². The number of quaternary nitrogens is 1. The molecular formula is C5H11N2O2+. The Balaban J connectivity index is 2.61. The first kappa shape index (κ1) is 6.51. The fourth-order valence-electron chi connectivity index (χ4n) is 0.894. The molecule has 1 heterocycles. The number of rotatable bonds is 0. The number of carbonyl (C=O) groups is 1. The van der Waals surface area contributed by atoms with Crippen LogP contribution >= 0.6 is 0 Å². The highest BCUT2D eigenvalue weighted by Gasteiger charge is 2.34. The van der Waals surface area contributed by atoms with Crippen LogP contribution < -0.4 is 5.32 Å². The first-order valence-corrected chi connectivity index (χ1v) is 2.94. The number of amides is 1. The Morgan fingerprint density at radius 1 is 1.78 bits per heavy atom. The fourth-order valence-corrected chi connectivity index (χ4v) is 0.894. The van der Waals surface area contributed by atoms with E-state index in [2.05, 4.69) is 5.32 Å². The third-order valence-electron chi connectivity index (χ3n) is 1.70. The molecule has 0 spiro atoms. The molecule has 0 aromatic rings. The fraction of sp³-hybridized carbons (Fsp3) is 0.800. The van der Waals surface area contributed by atoms with Gasteiger partial charge in [0.15, 0.2) is 0 Å². The molecule has 4 nitrogen and oxygen atoms in total. The predicted molar refractivity (Wildman–Crippen MR) is 31.9 cm³/mol. The standard InChI is InChI=1S/C5H10N2O2/c1-7(5(8)9)3-2-6-4-7/h6H,2-4H2,1H3/p+1. The van der Waals surface area contributed by atoms with Gasteiger partial charge in [0, 0.05) is 0 Å². The van der Waals surface area contributed by atoms with Crippen molar-refractivity contribution in [3.8, 4) is 0 Å². The molecule has 1 saturated heterocycles. The van der Waals surface area contributed by atoms with Crippen LogP contribution in [-0.4, -0.2) is 42.5 Å². The van der Waals surface area contributed by atoms with Gasteiger partial charge in [-0.1, -0.05) is 0 Å². The molecule has 4 heteroatoms. The van der Waals surface area contributed by atoms with E-state index in [9.17, 15) is 4.79 Å². The maximum Gasteiger partial charge on any atom is 0.514 e. The van der Waals surface area contributed by atoms with E-state index in [0.717, 1.165) is 6.54 Å². The van der Waals surface area contributed by atoms with Crippen LogP contribution in [0.25, 0.3) is 0 Å². The van der Waals surface area contributed by atoms with Gasteiger partial charge in [-0.2, -0.15) is 4.79 Å². The maximum atomic E-state index is 10.5. The van der Waals surface area contributed by atoms with Crippen LogP contribution in [0.4, 0.5) is 4.79 Å². The lowest BCUT2D eigenvalue weighted by Crippen LogP contribution is -2.46. The molecule has 0 saturated carbocycles. The summed E-state index contributed by atoms with van der Waals surface area (Å²) in [6.45, 7) is 2.05. The topological polar surface area (TPSA) is 49.3 Å². The van der Waals surface area contributed by atoms with Gasteiger partial charge in [-0.25, -0.2) is 4.48 Å². The van der Waals surface area contributed by atoms with Crippen molar-refractivity contribution in [3.05, 3.63) is 0 Å². The Morgan fingerprint density at radius 2 is 2.44 bits per heavy atom. The van der Waals surface area contributed by atoms with Crippen molar-refractivity contribution in [3.63, 3.8) is 0 Å². The minimum Gasteiger partial charge on any atom is -0.435 e. The molecule has 1 unspecified atom stereocenters. The lowest BCUT2D eigenvalue weighted by Gasteiger charge is -2.19. The van der Waals surface area contributed by atoms with Crippen molar-refractivity contribution in [2.24, 2.45) is 0 Å². The average molecular weight is 131 g/mol. The number of nitrogens with zero attached hydrogens (tertiary/aromatic N) is 1. The Labute approximate surface area is 53.7 Å². The number of carboxylic acid groups (broad SMARTS) is 1. The summed E-state index contributed by atoms with van der Waals surface area (Å²) in [5.74, 6) is 0. The van der Waals surface area contributed by atoms with Gasteiger partial charge in [-0.3, -0.25) is 5.32 Å². The smallest absolute Gasteiger partial charge is 0.435 e. The molecule has 0 bridgehead atoms. The molecule has 1 rings (SSSR count). The quantitative estimate of drug-likeness (QED) is 0.443. The molecule has 9 heavy (non-hydrogen) atoms. The summed E-state index contributed by atoms with van der Waals surface area (Å²) in [7, 11) is 1.71. The second-order valence-corrected chi connectivity index (χ2v) is 2.56. The molecule has 0 radical (unpaired) electrons. The summed E-state index contributed by atoms with van der Waals surface area (Å²) >= 11 is 0. The average Bonchev–Trinajstić information content (AvgIpc) is 2.16. The van der Waals surface area contributed by atoms with E-state index in [1.54, 1.807) is 7.05 Å². The largest absolute Gasteiger partial charge is 0.514 e. The highest BCUT2D eigenvalue weighted by atomic mass is 16.4. The maximum absolute atomic E-state index is 10.5. The monoisotopic (exact) mass is 131 g/mol. The van der Waals surface area contributed by atoms with E-state index in [0.29, 0.717) is 13.2 Å². The zero-order valence-corrected chi connectivity index (χ0v) is 5.42. The van der Waals surface area contributed by atoms with Gasteiger partial charge in [0.25, 0.3) is 0 Å². The van der Waals surface area contributed by atoms with Crippen LogP contribution in [0, 0.1) is 0 Å². The summed E-state index contributed by atoms with van der Waals surface area (Å²) in [6, 6.07) is 0. The van der Waals surface area contributed by atoms with Crippen LogP contribution in [0.3, 0.4) is 0 Å². The molecule has 52 valence electrons. The van der Waals surface area contributed by atoms with E-state index >= 15 is 0 Å². The van der Waals surface area contributed by atoms with Crippen LogP contribution in [-0.2, 0) is 0 Å². The highest BCUT2D eigenvalue weighted by molar-refractivity contribution is 5.56. The minimum atomic E-state index is -0.750. The first-order chi connectivity index (χ1) is 4.15. The Hall–Kier alpha value is -0.610. The molecule has 1 atom stereocenters. The van der Waals surface area contributed by atoms with Gasteiger partial charge in [-0.15, -0.1) is 0 Å².